The van der Waals surface area contributed by atoms with Gasteiger partial charge in [0.25, 0.3) is 0 Å². The Labute approximate surface area is 110 Å². The molecule has 0 N–H and O–H groups in total. The highest BCUT2D eigenvalue weighted by molar-refractivity contribution is 5.89. The van der Waals surface area contributed by atoms with Gasteiger partial charge in [0.2, 0.25) is 0 Å². The molecular formula is C15H13FO3. The van der Waals surface area contributed by atoms with E-state index in [0.29, 0.717) is 17.9 Å². The van der Waals surface area contributed by atoms with Crippen LogP contribution in [-0.2, 0) is 11.3 Å². The van der Waals surface area contributed by atoms with Crippen molar-refractivity contribution in [1.82, 2.24) is 0 Å². The SMILES string of the molecule is COC(=O)c1cccc(COc2ccc(F)cc2)c1. The van der Waals surface area contributed by atoms with Gasteiger partial charge in [0, 0.05) is 0 Å². The van der Waals surface area contributed by atoms with Gasteiger partial charge in [-0.05, 0) is 42.0 Å². The molecule has 2 aromatic rings. The first-order valence-electron chi connectivity index (χ1n) is 5.74. The molecule has 0 radical (unpaired) electrons. The molecule has 0 aliphatic rings. The molecule has 3 nitrogen and oxygen atoms in total. The smallest absolute Gasteiger partial charge is 0.337 e. The van der Waals surface area contributed by atoms with Crippen molar-refractivity contribution in [3.63, 3.8) is 0 Å². The van der Waals surface area contributed by atoms with Crippen molar-refractivity contribution in [2.24, 2.45) is 0 Å². The summed E-state index contributed by atoms with van der Waals surface area (Å²) in [5.41, 5.74) is 1.31. The van der Waals surface area contributed by atoms with E-state index >= 15 is 0 Å². The third kappa shape index (κ3) is 3.55. The largest absolute Gasteiger partial charge is 0.489 e. The van der Waals surface area contributed by atoms with E-state index in [2.05, 4.69) is 4.74 Å². The lowest BCUT2D eigenvalue weighted by Crippen LogP contribution is -2.03. The third-order valence-corrected chi connectivity index (χ3v) is 2.57. The van der Waals surface area contributed by atoms with E-state index in [0.717, 1.165) is 5.56 Å². The molecule has 0 atom stereocenters. The maximum absolute atomic E-state index is 12.7. The van der Waals surface area contributed by atoms with Crippen molar-refractivity contribution in [1.29, 1.82) is 0 Å². The zero-order valence-electron chi connectivity index (χ0n) is 10.4. The molecule has 0 heterocycles. The van der Waals surface area contributed by atoms with Gasteiger partial charge >= 0.3 is 5.97 Å². The van der Waals surface area contributed by atoms with Crippen molar-refractivity contribution in [3.8, 4) is 5.75 Å². The predicted octanol–water partition coefficient (Wildman–Crippen LogP) is 3.19. The molecular weight excluding hydrogens is 247 g/mol. The molecule has 0 spiro atoms. The minimum absolute atomic E-state index is 0.302. The average Bonchev–Trinajstić information content (AvgIpc) is 2.46. The topological polar surface area (TPSA) is 35.5 Å². The second-order valence-corrected chi connectivity index (χ2v) is 3.93. The zero-order valence-corrected chi connectivity index (χ0v) is 10.4. The van der Waals surface area contributed by atoms with Gasteiger partial charge in [-0.3, -0.25) is 0 Å². The van der Waals surface area contributed by atoms with Crippen LogP contribution in [0, 0.1) is 5.82 Å². The summed E-state index contributed by atoms with van der Waals surface area (Å²) in [5.74, 6) is -0.117. The maximum atomic E-state index is 12.7. The van der Waals surface area contributed by atoms with Crippen LogP contribution in [0.5, 0.6) is 5.75 Å². The lowest BCUT2D eigenvalue weighted by Gasteiger charge is -2.07. The molecule has 0 aliphatic carbocycles. The van der Waals surface area contributed by atoms with Crippen LogP contribution in [0.15, 0.2) is 48.5 Å². The number of esters is 1. The van der Waals surface area contributed by atoms with Gasteiger partial charge in [-0.2, -0.15) is 0 Å². The Morgan fingerprint density at radius 1 is 1.16 bits per heavy atom. The van der Waals surface area contributed by atoms with E-state index in [1.165, 1.54) is 19.2 Å². The average molecular weight is 260 g/mol. The van der Waals surface area contributed by atoms with Crippen molar-refractivity contribution >= 4 is 5.97 Å². The number of methoxy groups -OCH3 is 1. The summed E-state index contributed by atoms with van der Waals surface area (Å²) >= 11 is 0. The molecule has 2 rings (SSSR count). The molecule has 0 bridgehead atoms. The molecule has 0 fully saturated rings. The lowest BCUT2D eigenvalue weighted by atomic mass is 10.1. The Hall–Kier alpha value is -2.36. The summed E-state index contributed by atoms with van der Waals surface area (Å²) in [5, 5.41) is 0. The lowest BCUT2D eigenvalue weighted by molar-refractivity contribution is 0.0600. The van der Waals surface area contributed by atoms with Crippen LogP contribution in [-0.4, -0.2) is 13.1 Å². The standard InChI is InChI=1S/C15H13FO3/c1-18-15(17)12-4-2-3-11(9-12)10-19-14-7-5-13(16)6-8-14/h2-9H,10H2,1H3. The van der Waals surface area contributed by atoms with Gasteiger partial charge in [-0.25, -0.2) is 9.18 Å². The van der Waals surface area contributed by atoms with Crippen molar-refractivity contribution in [2.75, 3.05) is 7.11 Å². The molecule has 0 saturated heterocycles. The number of hydrogen-bond donors (Lipinski definition) is 0. The second-order valence-electron chi connectivity index (χ2n) is 3.93. The van der Waals surface area contributed by atoms with Crippen molar-refractivity contribution in [3.05, 3.63) is 65.5 Å². The van der Waals surface area contributed by atoms with Crippen LogP contribution >= 0.6 is 0 Å². The van der Waals surface area contributed by atoms with Crippen LogP contribution in [0.3, 0.4) is 0 Å². The zero-order chi connectivity index (χ0) is 13.7. The van der Waals surface area contributed by atoms with Gasteiger partial charge in [0.1, 0.15) is 18.2 Å². The molecule has 0 saturated carbocycles. The first-order valence-corrected chi connectivity index (χ1v) is 5.74. The van der Waals surface area contributed by atoms with E-state index in [4.69, 9.17) is 4.74 Å². The number of hydrogen-bond acceptors (Lipinski definition) is 3. The van der Waals surface area contributed by atoms with E-state index in [1.807, 2.05) is 6.07 Å². The fraction of sp³-hybridized carbons (Fsp3) is 0.133. The maximum Gasteiger partial charge on any atom is 0.337 e. The van der Waals surface area contributed by atoms with Crippen LogP contribution in [0.2, 0.25) is 0 Å². The summed E-state index contributed by atoms with van der Waals surface area (Å²) in [4.78, 5) is 11.4. The summed E-state index contributed by atoms with van der Waals surface area (Å²) < 4.78 is 22.9. The van der Waals surface area contributed by atoms with Gasteiger partial charge in [-0.1, -0.05) is 12.1 Å². The van der Waals surface area contributed by atoms with E-state index in [-0.39, 0.29) is 11.8 Å². The summed E-state index contributed by atoms with van der Waals surface area (Å²) in [6.07, 6.45) is 0. The van der Waals surface area contributed by atoms with Gasteiger partial charge < -0.3 is 9.47 Å². The van der Waals surface area contributed by atoms with Crippen LogP contribution in [0.1, 0.15) is 15.9 Å². The Morgan fingerprint density at radius 2 is 1.89 bits per heavy atom. The van der Waals surface area contributed by atoms with E-state index in [1.54, 1.807) is 30.3 Å². The molecule has 0 amide bonds. The highest BCUT2D eigenvalue weighted by Gasteiger charge is 2.05. The summed E-state index contributed by atoms with van der Waals surface area (Å²) in [6, 6.07) is 12.8. The van der Waals surface area contributed by atoms with E-state index < -0.39 is 0 Å². The number of carbonyl (C=O) groups excluding carboxylic acids is 1. The second kappa shape index (κ2) is 6.00. The summed E-state index contributed by atoms with van der Waals surface area (Å²) in [7, 11) is 1.34. The Kier molecular flexibility index (Phi) is 4.13. The highest BCUT2D eigenvalue weighted by Crippen LogP contribution is 2.14. The monoisotopic (exact) mass is 260 g/mol. The Balaban J connectivity index is 2.03. The normalized spacial score (nSPS) is 10.0. The molecule has 4 heteroatoms. The molecule has 98 valence electrons. The number of ether oxygens (including phenoxy) is 2. The molecule has 0 aliphatic heterocycles. The molecule has 2 aromatic carbocycles. The number of carbonyl (C=O) groups is 1. The number of halogens is 1. The number of rotatable bonds is 4. The van der Waals surface area contributed by atoms with Crippen LogP contribution < -0.4 is 4.74 Å². The quantitative estimate of drug-likeness (QED) is 0.792. The summed E-state index contributed by atoms with van der Waals surface area (Å²) in [6.45, 7) is 0.302. The van der Waals surface area contributed by atoms with Crippen molar-refractivity contribution in [2.45, 2.75) is 6.61 Å². The van der Waals surface area contributed by atoms with Crippen LogP contribution in [0.4, 0.5) is 4.39 Å². The van der Waals surface area contributed by atoms with Gasteiger partial charge in [-0.15, -0.1) is 0 Å². The van der Waals surface area contributed by atoms with E-state index in [9.17, 15) is 9.18 Å². The van der Waals surface area contributed by atoms with Gasteiger partial charge in [0.05, 0.1) is 12.7 Å². The third-order valence-electron chi connectivity index (χ3n) is 2.57. The highest BCUT2D eigenvalue weighted by atomic mass is 19.1. The fourth-order valence-corrected chi connectivity index (χ4v) is 1.60. The number of benzene rings is 2. The predicted molar refractivity (Wildman–Crippen MR) is 68.5 cm³/mol. The Bertz CT molecular complexity index is 564. The fourth-order valence-electron chi connectivity index (χ4n) is 1.60. The molecule has 19 heavy (non-hydrogen) atoms. The Morgan fingerprint density at radius 3 is 2.58 bits per heavy atom. The molecule has 0 unspecified atom stereocenters. The first-order chi connectivity index (χ1) is 9.19. The first kappa shape index (κ1) is 13.1. The minimum Gasteiger partial charge on any atom is -0.489 e. The molecule has 0 aromatic heterocycles. The van der Waals surface area contributed by atoms with Crippen molar-refractivity contribution < 1.29 is 18.7 Å². The van der Waals surface area contributed by atoms with Gasteiger partial charge in [0.15, 0.2) is 0 Å². The van der Waals surface area contributed by atoms with Crippen LogP contribution in [0.25, 0.3) is 0 Å². The minimum atomic E-state index is -0.386.